The van der Waals surface area contributed by atoms with Gasteiger partial charge in [0, 0.05) is 29.6 Å². The first-order valence-electron chi connectivity index (χ1n) is 5.63. The van der Waals surface area contributed by atoms with E-state index in [1.165, 1.54) is 4.88 Å². The minimum absolute atomic E-state index is 0.0316. The molecule has 96 valence electrons. The number of carbonyl (C=O) groups excluding carboxylic acids is 1. The number of aromatic nitrogens is 1. The SMILES string of the molecule is CC(c1cccs1)N(C)C(=O)c1cc(Br)cn1C. The summed E-state index contributed by atoms with van der Waals surface area (Å²) in [5.41, 5.74) is 0.688. The van der Waals surface area contributed by atoms with Gasteiger partial charge in [0.15, 0.2) is 0 Å². The Morgan fingerprint density at radius 1 is 1.56 bits per heavy atom. The lowest BCUT2D eigenvalue weighted by Gasteiger charge is -2.24. The van der Waals surface area contributed by atoms with Crippen LogP contribution in [-0.4, -0.2) is 22.4 Å². The number of halogens is 1. The number of thiophene rings is 1. The third-order valence-corrected chi connectivity index (χ3v) is 4.52. The number of nitrogens with zero attached hydrogens (tertiary/aromatic N) is 2. The average molecular weight is 327 g/mol. The van der Waals surface area contributed by atoms with Crippen molar-refractivity contribution < 1.29 is 4.79 Å². The molecule has 0 fully saturated rings. The van der Waals surface area contributed by atoms with Gasteiger partial charge >= 0.3 is 0 Å². The van der Waals surface area contributed by atoms with Gasteiger partial charge in [0.05, 0.1) is 6.04 Å². The molecule has 0 radical (unpaired) electrons. The summed E-state index contributed by atoms with van der Waals surface area (Å²) in [6.07, 6.45) is 1.89. The Balaban J connectivity index is 2.21. The molecule has 1 atom stereocenters. The number of amides is 1. The van der Waals surface area contributed by atoms with Crippen LogP contribution in [0.5, 0.6) is 0 Å². The minimum atomic E-state index is 0.0316. The van der Waals surface area contributed by atoms with Crippen LogP contribution in [0, 0.1) is 0 Å². The van der Waals surface area contributed by atoms with Crippen LogP contribution in [0.1, 0.15) is 28.3 Å². The molecule has 2 rings (SSSR count). The first-order valence-corrected chi connectivity index (χ1v) is 7.30. The smallest absolute Gasteiger partial charge is 0.270 e. The molecule has 0 aliphatic carbocycles. The molecule has 2 heterocycles. The van der Waals surface area contributed by atoms with Crippen molar-refractivity contribution in [3.8, 4) is 0 Å². The first-order chi connectivity index (χ1) is 8.50. The molecule has 2 aromatic rings. The molecule has 0 aliphatic rings. The molecule has 1 amide bonds. The Morgan fingerprint density at radius 2 is 2.28 bits per heavy atom. The maximum absolute atomic E-state index is 12.4. The molecule has 3 nitrogen and oxygen atoms in total. The van der Waals surface area contributed by atoms with E-state index in [2.05, 4.69) is 22.0 Å². The van der Waals surface area contributed by atoms with Crippen molar-refractivity contribution in [2.75, 3.05) is 7.05 Å². The summed E-state index contributed by atoms with van der Waals surface area (Å²) in [6, 6.07) is 6.00. The second-order valence-electron chi connectivity index (χ2n) is 4.26. The number of aryl methyl sites for hydroxylation is 1. The Bertz CT molecular complexity index is 547. The molecular formula is C13H15BrN2OS. The van der Waals surface area contributed by atoms with E-state index in [4.69, 9.17) is 0 Å². The van der Waals surface area contributed by atoms with Crippen LogP contribution in [0.3, 0.4) is 0 Å². The predicted octanol–water partition coefficient (Wildman–Crippen LogP) is 3.68. The zero-order valence-electron chi connectivity index (χ0n) is 10.6. The zero-order chi connectivity index (χ0) is 13.3. The topological polar surface area (TPSA) is 25.2 Å². The van der Waals surface area contributed by atoms with E-state index < -0.39 is 0 Å². The van der Waals surface area contributed by atoms with Gasteiger partial charge in [-0.2, -0.15) is 0 Å². The molecule has 0 N–H and O–H groups in total. The molecule has 18 heavy (non-hydrogen) atoms. The third kappa shape index (κ3) is 2.52. The fraction of sp³-hybridized carbons (Fsp3) is 0.308. The van der Waals surface area contributed by atoms with Gasteiger partial charge in [-0.25, -0.2) is 0 Å². The molecule has 0 aromatic carbocycles. The second kappa shape index (κ2) is 5.28. The monoisotopic (exact) mass is 326 g/mol. The highest BCUT2D eigenvalue weighted by atomic mass is 79.9. The van der Waals surface area contributed by atoms with Gasteiger partial charge in [0.1, 0.15) is 5.69 Å². The first kappa shape index (κ1) is 13.4. The molecule has 0 bridgehead atoms. The minimum Gasteiger partial charge on any atom is -0.345 e. The Hall–Kier alpha value is -1.07. The van der Waals surface area contributed by atoms with Gasteiger partial charge in [-0.1, -0.05) is 6.07 Å². The predicted molar refractivity (Wildman–Crippen MR) is 77.9 cm³/mol. The molecule has 2 aromatic heterocycles. The summed E-state index contributed by atoms with van der Waals surface area (Å²) < 4.78 is 2.76. The van der Waals surface area contributed by atoms with E-state index in [1.54, 1.807) is 16.2 Å². The fourth-order valence-corrected chi connectivity index (χ4v) is 3.16. The number of hydrogen-bond donors (Lipinski definition) is 0. The van der Waals surface area contributed by atoms with E-state index in [-0.39, 0.29) is 11.9 Å². The summed E-state index contributed by atoms with van der Waals surface area (Å²) in [6.45, 7) is 2.04. The summed E-state index contributed by atoms with van der Waals surface area (Å²) in [5, 5.41) is 2.03. The maximum Gasteiger partial charge on any atom is 0.270 e. The zero-order valence-corrected chi connectivity index (χ0v) is 13.0. The van der Waals surface area contributed by atoms with E-state index in [9.17, 15) is 4.79 Å². The van der Waals surface area contributed by atoms with Crippen LogP contribution in [0.25, 0.3) is 0 Å². The molecule has 0 saturated carbocycles. The number of carbonyl (C=O) groups is 1. The second-order valence-corrected chi connectivity index (χ2v) is 6.16. The van der Waals surface area contributed by atoms with Crippen LogP contribution in [-0.2, 0) is 7.05 Å². The Morgan fingerprint density at radius 3 is 2.78 bits per heavy atom. The van der Waals surface area contributed by atoms with E-state index >= 15 is 0 Å². The van der Waals surface area contributed by atoms with Crippen molar-refractivity contribution >= 4 is 33.2 Å². The van der Waals surface area contributed by atoms with Crippen LogP contribution < -0.4 is 0 Å². The van der Waals surface area contributed by atoms with Gasteiger partial charge < -0.3 is 9.47 Å². The number of rotatable bonds is 3. The van der Waals surface area contributed by atoms with Crippen molar-refractivity contribution in [1.82, 2.24) is 9.47 Å². The summed E-state index contributed by atoms with van der Waals surface area (Å²) in [5.74, 6) is 0.0316. The van der Waals surface area contributed by atoms with Crippen LogP contribution in [0.15, 0.2) is 34.2 Å². The standard InChI is InChI=1S/C13H15BrN2OS/c1-9(12-5-4-6-18-12)16(3)13(17)11-7-10(14)8-15(11)2/h4-9H,1-3H3. The highest BCUT2D eigenvalue weighted by molar-refractivity contribution is 9.10. The van der Waals surface area contributed by atoms with E-state index in [0.717, 1.165) is 4.47 Å². The highest BCUT2D eigenvalue weighted by Crippen LogP contribution is 2.25. The van der Waals surface area contributed by atoms with Gasteiger partial charge in [-0.15, -0.1) is 11.3 Å². The lowest BCUT2D eigenvalue weighted by molar-refractivity contribution is 0.0735. The van der Waals surface area contributed by atoms with Crippen LogP contribution in [0.4, 0.5) is 0 Å². The quantitative estimate of drug-likeness (QED) is 0.844. The molecule has 0 aliphatic heterocycles. The summed E-state index contributed by atoms with van der Waals surface area (Å²) >= 11 is 5.06. The summed E-state index contributed by atoms with van der Waals surface area (Å²) in [7, 11) is 3.72. The maximum atomic E-state index is 12.4. The fourth-order valence-electron chi connectivity index (χ4n) is 1.81. The summed E-state index contributed by atoms with van der Waals surface area (Å²) in [4.78, 5) is 15.4. The average Bonchev–Trinajstić information content (AvgIpc) is 2.96. The van der Waals surface area contributed by atoms with Crippen molar-refractivity contribution in [2.24, 2.45) is 7.05 Å². The van der Waals surface area contributed by atoms with Gasteiger partial charge in [-0.05, 0) is 40.4 Å². The Kier molecular flexibility index (Phi) is 3.92. The normalized spacial score (nSPS) is 12.4. The lowest BCUT2D eigenvalue weighted by Crippen LogP contribution is -2.30. The molecule has 0 saturated heterocycles. The Labute approximate surface area is 119 Å². The van der Waals surface area contributed by atoms with E-state index in [0.29, 0.717) is 5.69 Å². The molecule has 5 heteroatoms. The van der Waals surface area contributed by atoms with Gasteiger partial charge in [0.25, 0.3) is 5.91 Å². The van der Waals surface area contributed by atoms with Crippen LogP contribution >= 0.6 is 27.3 Å². The number of hydrogen-bond acceptors (Lipinski definition) is 2. The van der Waals surface area contributed by atoms with E-state index in [1.807, 2.05) is 49.3 Å². The van der Waals surface area contributed by atoms with Crippen LogP contribution in [0.2, 0.25) is 0 Å². The molecule has 1 unspecified atom stereocenters. The van der Waals surface area contributed by atoms with Crippen molar-refractivity contribution in [1.29, 1.82) is 0 Å². The largest absolute Gasteiger partial charge is 0.345 e. The van der Waals surface area contributed by atoms with Gasteiger partial charge in [-0.3, -0.25) is 4.79 Å². The third-order valence-electron chi connectivity index (χ3n) is 3.05. The lowest BCUT2D eigenvalue weighted by atomic mass is 10.2. The highest BCUT2D eigenvalue weighted by Gasteiger charge is 2.21. The van der Waals surface area contributed by atoms with Crippen molar-refractivity contribution in [3.05, 3.63) is 44.8 Å². The molecular weight excluding hydrogens is 312 g/mol. The van der Waals surface area contributed by atoms with Crippen molar-refractivity contribution in [3.63, 3.8) is 0 Å². The van der Waals surface area contributed by atoms with Crippen molar-refractivity contribution in [2.45, 2.75) is 13.0 Å². The van der Waals surface area contributed by atoms with Gasteiger partial charge in [0.2, 0.25) is 0 Å². The molecule has 0 spiro atoms.